The maximum absolute atomic E-state index is 13.3. The maximum Gasteiger partial charge on any atom is 0.274 e. The smallest absolute Gasteiger partial charge is 0.274 e. The number of hydrogen-bond acceptors (Lipinski definition) is 9. The van der Waals surface area contributed by atoms with Gasteiger partial charge < -0.3 is 82.2 Å². The van der Waals surface area contributed by atoms with Crippen LogP contribution in [0.25, 0.3) is 0 Å². The molecule has 2 heterocycles. The molecule has 0 aliphatic carbocycles. The Labute approximate surface area is 386 Å². The summed E-state index contributed by atoms with van der Waals surface area (Å²) in [6, 6.07) is 15.9. The fraction of sp³-hybridized carbons (Fsp3) is 0.558. The minimum Gasteiger partial charge on any atom is -1.00 e. The van der Waals surface area contributed by atoms with Gasteiger partial charge in [-0.1, -0.05) is 35.9 Å². The molecule has 2 amide bonds. The first-order chi connectivity index (χ1) is 27.4. The number of anilines is 2. The van der Waals surface area contributed by atoms with Crippen molar-refractivity contribution in [2.45, 2.75) is 57.4 Å². The van der Waals surface area contributed by atoms with Crippen LogP contribution in [-0.4, -0.2) is 148 Å². The van der Waals surface area contributed by atoms with E-state index in [1.165, 1.54) is 11.1 Å². The highest BCUT2D eigenvalue weighted by atomic mass is 35.5. The van der Waals surface area contributed by atoms with Gasteiger partial charge in [0.1, 0.15) is 18.1 Å². The first-order valence-electron chi connectivity index (χ1n) is 20.5. The summed E-state index contributed by atoms with van der Waals surface area (Å²) in [6.07, 6.45) is 6.89. The Morgan fingerprint density at radius 3 is 1.85 bits per heavy atom. The minimum absolute atomic E-state index is 0. The molecule has 3 aromatic rings. The standard InChI is InChI=1S/C43H65ClN9O5.3ClH/c1-51(2,3)24-10-14-35(54)30-57-36-19-15-32(16-20-36)11-7-25-53(27-9-13-34(29-53)48-43(56)39-41(45)50-42(46)40(44)49-39)26-8-12-33-17-21-37(22-18-33)58-31-38(55)47-23-28-52(4,5)6;;;/h15-22,34H,7-14,23-31H2,1-6H3,(H4-2,45,46,47,48,50,55,56);3*1H/q+1;;;/p-1. The zero-order valence-electron chi connectivity index (χ0n) is 36.7. The Bertz CT molecular complexity index is 1720. The zero-order valence-corrected chi connectivity index (χ0v) is 39.7. The average Bonchev–Trinajstić information content (AvgIpc) is 3.15. The van der Waals surface area contributed by atoms with Crippen LogP contribution in [0.3, 0.4) is 0 Å². The zero-order chi connectivity index (χ0) is 42.3. The summed E-state index contributed by atoms with van der Waals surface area (Å²) in [7, 11) is 12.6. The van der Waals surface area contributed by atoms with E-state index in [0.717, 1.165) is 97.7 Å². The number of Topliss-reactive ketones (excluding diaryl/α,β-unsaturated/α-hetero) is 1. The number of nitrogens with zero attached hydrogens (tertiary/aromatic N) is 5. The van der Waals surface area contributed by atoms with E-state index in [0.29, 0.717) is 24.5 Å². The number of nitrogen functional groups attached to an aromatic ring is 2. The number of carbonyl (C=O) groups is 3. The van der Waals surface area contributed by atoms with Crippen LogP contribution in [0.2, 0.25) is 5.15 Å². The lowest BCUT2D eigenvalue weighted by Crippen LogP contribution is -3.00. The molecule has 4 rings (SSSR count). The summed E-state index contributed by atoms with van der Waals surface area (Å²) in [6.45, 7) is 6.15. The fourth-order valence-corrected chi connectivity index (χ4v) is 7.41. The molecule has 0 bridgehead atoms. The minimum atomic E-state index is -0.408. The number of benzene rings is 2. The van der Waals surface area contributed by atoms with Gasteiger partial charge in [-0.2, -0.15) is 0 Å². The van der Waals surface area contributed by atoms with Gasteiger partial charge in [-0.15, -0.1) is 0 Å². The third kappa shape index (κ3) is 20.4. The Morgan fingerprint density at radius 2 is 1.31 bits per heavy atom. The number of nitrogens with two attached hydrogens (primary N) is 2. The fourth-order valence-electron chi connectivity index (χ4n) is 7.28. The molecule has 18 heteroatoms. The van der Waals surface area contributed by atoms with Crippen molar-refractivity contribution in [3.8, 4) is 11.5 Å². The number of carbonyl (C=O) groups excluding carboxylic acids is 3. The molecule has 2 aromatic carbocycles. The summed E-state index contributed by atoms with van der Waals surface area (Å²) in [4.78, 5) is 46.0. The normalized spacial score (nSPS) is 16.2. The van der Waals surface area contributed by atoms with Crippen LogP contribution in [0.1, 0.15) is 60.1 Å². The number of nitrogens with one attached hydrogen (secondary N) is 2. The number of halogens is 4. The van der Waals surface area contributed by atoms with E-state index in [4.69, 9.17) is 32.5 Å². The van der Waals surface area contributed by atoms with Crippen molar-refractivity contribution in [1.29, 1.82) is 0 Å². The topological polar surface area (TPSA) is 172 Å². The largest absolute Gasteiger partial charge is 1.00 e. The van der Waals surface area contributed by atoms with E-state index in [1.54, 1.807) is 0 Å². The number of ether oxygens (including phenoxy) is 2. The molecule has 14 nitrogen and oxygen atoms in total. The number of aromatic nitrogens is 2. The average molecular weight is 932 g/mol. The van der Waals surface area contributed by atoms with Gasteiger partial charge in [0.05, 0.1) is 94.1 Å². The van der Waals surface area contributed by atoms with Crippen molar-refractivity contribution in [1.82, 2.24) is 20.6 Å². The van der Waals surface area contributed by atoms with E-state index in [-0.39, 0.29) is 90.6 Å². The molecule has 1 aromatic heterocycles. The van der Waals surface area contributed by atoms with Crippen LogP contribution >= 0.6 is 11.6 Å². The SMILES string of the molecule is C[N+](C)(C)CCCC(=O)COc1ccc(CCC[N+]2(CCCc3ccc(OCC(=O)NCC[N+](C)(C)C)cc3)CCCC(NC(=O)c3nc(Cl)c(N)nc3N)C2)cc1.[Cl-].[Cl-].[Cl-]. The third-order valence-electron chi connectivity index (χ3n) is 10.4. The van der Waals surface area contributed by atoms with Crippen molar-refractivity contribution < 1.29 is 74.5 Å². The van der Waals surface area contributed by atoms with Gasteiger partial charge in [-0.3, -0.25) is 14.4 Å². The second kappa shape index (κ2) is 26.1. The van der Waals surface area contributed by atoms with E-state index in [1.807, 2.05) is 24.3 Å². The highest BCUT2D eigenvalue weighted by Crippen LogP contribution is 2.25. The molecule has 1 saturated heterocycles. The second-order valence-electron chi connectivity index (χ2n) is 17.7. The molecular formula is C43H67Cl4N9O5. The Balaban J connectivity index is 0.00000620. The highest BCUT2D eigenvalue weighted by molar-refractivity contribution is 6.31. The Morgan fingerprint density at radius 1 is 0.770 bits per heavy atom. The van der Waals surface area contributed by atoms with Crippen LogP contribution in [0, 0.1) is 0 Å². The van der Waals surface area contributed by atoms with E-state index in [2.05, 4.69) is 87.2 Å². The van der Waals surface area contributed by atoms with Crippen molar-refractivity contribution in [3.63, 3.8) is 0 Å². The number of amides is 2. The number of likely N-dealkylation sites (tertiary alicyclic amines) is 1. The van der Waals surface area contributed by atoms with E-state index < -0.39 is 5.91 Å². The number of likely N-dealkylation sites (N-methyl/N-ethyl adjacent to an activating group) is 1. The predicted molar refractivity (Wildman–Crippen MR) is 230 cm³/mol. The molecule has 0 radical (unpaired) electrons. The molecule has 2 unspecified atom stereocenters. The first-order valence-corrected chi connectivity index (χ1v) is 20.8. The summed E-state index contributed by atoms with van der Waals surface area (Å²) < 4.78 is 14.0. The lowest BCUT2D eigenvalue weighted by Gasteiger charge is -2.45. The number of quaternary nitrogens is 3. The lowest BCUT2D eigenvalue weighted by atomic mass is 9.99. The van der Waals surface area contributed by atoms with Gasteiger partial charge in [0.25, 0.3) is 11.8 Å². The van der Waals surface area contributed by atoms with Gasteiger partial charge in [0, 0.05) is 25.7 Å². The quantitative estimate of drug-likeness (QED) is 0.0681. The molecule has 0 saturated carbocycles. The Hall–Kier alpha value is -3.63. The molecule has 0 spiro atoms. The van der Waals surface area contributed by atoms with Gasteiger partial charge >= 0.3 is 0 Å². The summed E-state index contributed by atoms with van der Waals surface area (Å²) in [5.74, 6) is 0.872. The molecular weight excluding hydrogens is 864 g/mol. The number of aryl methyl sites for hydroxylation is 2. The van der Waals surface area contributed by atoms with Gasteiger partial charge in [-0.25, -0.2) is 9.97 Å². The van der Waals surface area contributed by atoms with Gasteiger partial charge in [0.15, 0.2) is 34.9 Å². The van der Waals surface area contributed by atoms with Crippen LogP contribution in [0.5, 0.6) is 11.5 Å². The van der Waals surface area contributed by atoms with Crippen molar-refractivity contribution in [2.75, 3.05) is 113 Å². The molecule has 1 aliphatic heterocycles. The van der Waals surface area contributed by atoms with Crippen molar-refractivity contribution in [3.05, 3.63) is 70.5 Å². The molecule has 1 fully saturated rings. The molecule has 1 aliphatic rings. The molecule has 342 valence electrons. The maximum atomic E-state index is 13.3. The van der Waals surface area contributed by atoms with E-state index >= 15 is 0 Å². The van der Waals surface area contributed by atoms with Gasteiger partial charge in [-0.05, 0) is 61.1 Å². The molecule has 61 heavy (non-hydrogen) atoms. The van der Waals surface area contributed by atoms with Crippen molar-refractivity contribution in [2.24, 2.45) is 0 Å². The summed E-state index contributed by atoms with van der Waals surface area (Å²) in [5.41, 5.74) is 14.1. The monoisotopic (exact) mass is 929 g/mol. The van der Waals surface area contributed by atoms with Gasteiger partial charge in [0.2, 0.25) is 0 Å². The summed E-state index contributed by atoms with van der Waals surface area (Å²) >= 11 is 6.08. The summed E-state index contributed by atoms with van der Waals surface area (Å²) in [5, 5.41) is 6.02. The second-order valence-corrected chi connectivity index (χ2v) is 18.1. The van der Waals surface area contributed by atoms with Crippen LogP contribution in [-0.2, 0) is 22.4 Å². The Kier molecular flexibility index (Phi) is 23.7. The number of ketones is 1. The number of piperidine rings is 1. The highest BCUT2D eigenvalue weighted by Gasteiger charge is 2.35. The number of hydrogen-bond donors (Lipinski definition) is 4. The number of rotatable bonds is 23. The van der Waals surface area contributed by atoms with E-state index in [9.17, 15) is 14.4 Å². The lowest BCUT2D eigenvalue weighted by molar-refractivity contribution is -0.933. The van der Waals surface area contributed by atoms with Crippen LogP contribution < -0.4 is 68.8 Å². The predicted octanol–water partition coefficient (Wildman–Crippen LogP) is -5.08. The first kappa shape index (κ1) is 55.4. The van der Waals surface area contributed by atoms with Crippen molar-refractivity contribution >= 4 is 40.8 Å². The molecule has 2 atom stereocenters. The van der Waals surface area contributed by atoms with Crippen LogP contribution in [0.15, 0.2) is 48.5 Å². The molecule has 6 N–H and O–H groups in total. The third-order valence-corrected chi connectivity index (χ3v) is 10.7. The van der Waals surface area contributed by atoms with Crippen LogP contribution in [0.4, 0.5) is 11.6 Å².